The Bertz CT molecular complexity index is 4070. The van der Waals surface area contributed by atoms with Crippen LogP contribution in [0.5, 0.6) is 0 Å². The Morgan fingerprint density at radius 1 is 0.162 bits per heavy atom. The smallest absolute Gasteiger partial charge is 0.164 e. The topological polar surface area (TPSA) is 77.3 Å². The van der Waals surface area contributed by atoms with Crippen molar-refractivity contribution in [2.45, 2.75) is 11.8 Å². The number of nitrogens with zero attached hydrogens (tertiary/aromatic N) is 6. The minimum Gasteiger partial charge on any atom is -0.208 e. The van der Waals surface area contributed by atoms with Crippen LogP contribution in [0.4, 0.5) is 0 Å². The highest BCUT2D eigenvalue weighted by Gasteiger charge is 2.41. The standard InChI is InChI=1S/C68H44N6/c1-5-17-43(18-6-1)49-25-15-26-50(39-49)45-31-33-48(34-32-45)65-69-63(46-21-9-3-10-22-46)71-67(73-65)53-35-37-57-59(41-53)61-55-29-13-14-30-56(55)62(57)60-42-54(36-38-58(60)61)68-72-64(47-23-11-4-12-24-47)70-66(74-68)52-28-16-27-51(40-52)44-19-7-2-8-20-44/h1-42,61-62H. The van der Waals surface area contributed by atoms with Gasteiger partial charge in [0.25, 0.3) is 0 Å². The summed E-state index contributed by atoms with van der Waals surface area (Å²) in [5.74, 6) is 3.82. The van der Waals surface area contributed by atoms with E-state index in [-0.39, 0.29) is 11.8 Å². The molecule has 0 radical (unpaired) electrons. The molecule has 0 spiro atoms. The molecule has 6 heteroatoms. The quantitative estimate of drug-likeness (QED) is 0.143. The molecule has 3 aliphatic carbocycles. The molecule has 0 aliphatic heterocycles. The van der Waals surface area contributed by atoms with Crippen LogP contribution >= 0.6 is 0 Å². The highest BCUT2D eigenvalue weighted by Crippen LogP contribution is 2.56. The third-order valence-electron chi connectivity index (χ3n) is 14.6. The summed E-state index contributed by atoms with van der Waals surface area (Å²) in [7, 11) is 0. The maximum Gasteiger partial charge on any atom is 0.164 e. The molecule has 0 N–H and O–H groups in total. The first kappa shape index (κ1) is 43.0. The van der Waals surface area contributed by atoms with Crippen LogP contribution in [0.3, 0.4) is 0 Å². The average Bonchev–Trinajstić information content (AvgIpc) is 3.56. The van der Waals surface area contributed by atoms with Gasteiger partial charge >= 0.3 is 0 Å². The Hall–Kier alpha value is -9.78. The number of rotatable bonds is 9. The van der Waals surface area contributed by atoms with Crippen LogP contribution in [0.15, 0.2) is 255 Å². The second-order valence-electron chi connectivity index (χ2n) is 19.0. The minimum atomic E-state index is 0.00700. The van der Waals surface area contributed by atoms with Gasteiger partial charge in [-0.15, -0.1) is 0 Å². The number of benzene rings is 10. The van der Waals surface area contributed by atoms with E-state index in [0.717, 1.165) is 55.6 Å². The lowest BCUT2D eigenvalue weighted by molar-refractivity contribution is 0.754. The Kier molecular flexibility index (Phi) is 10.5. The van der Waals surface area contributed by atoms with Crippen LogP contribution < -0.4 is 0 Å². The Balaban J connectivity index is 0.846. The number of aromatic nitrogens is 6. The third-order valence-corrected chi connectivity index (χ3v) is 14.6. The molecule has 0 saturated carbocycles. The molecule has 3 aliphatic rings. The van der Waals surface area contributed by atoms with Crippen LogP contribution in [0.25, 0.3) is 102 Å². The molecule has 2 bridgehead atoms. The second-order valence-corrected chi connectivity index (χ2v) is 19.0. The third kappa shape index (κ3) is 7.77. The summed E-state index contributed by atoms with van der Waals surface area (Å²) in [6, 6.07) is 89.6. The van der Waals surface area contributed by atoms with Gasteiger partial charge in [0.05, 0.1) is 0 Å². The summed E-state index contributed by atoms with van der Waals surface area (Å²) < 4.78 is 0. The first-order valence-corrected chi connectivity index (χ1v) is 25.1. The average molecular weight is 945 g/mol. The van der Waals surface area contributed by atoms with Crippen molar-refractivity contribution in [3.05, 3.63) is 288 Å². The summed E-state index contributed by atoms with van der Waals surface area (Å²) in [6.45, 7) is 0. The lowest BCUT2D eigenvalue weighted by Crippen LogP contribution is -2.27. The van der Waals surface area contributed by atoms with E-state index < -0.39 is 0 Å². The predicted molar refractivity (Wildman–Crippen MR) is 297 cm³/mol. The molecule has 0 fully saturated rings. The van der Waals surface area contributed by atoms with Crippen molar-refractivity contribution >= 4 is 0 Å². The number of hydrogen-bond acceptors (Lipinski definition) is 6. The fourth-order valence-corrected chi connectivity index (χ4v) is 11.0. The van der Waals surface area contributed by atoms with Crippen LogP contribution in [0.2, 0.25) is 0 Å². The molecule has 2 unspecified atom stereocenters. The normalized spacial score (nSPS) is 13.9. The second kappa shape index (κ2) is 18.1. The van der Waals surface area contributed by atoms with Gasteiger partial charge in [-0.3, -0.25) is 0 Å². The van der Waals surface area contributed by atoms with E-state index in [4.69, 9.17) is 29.9 Å². The van der Waals surface area contributed by atoms with Crippen LogP contribution in [-0.2, 0) is 0 Å². The molecule has 0 amide bonds. The van der Waals surface area contributed by atoms with Gasteiger partial charge in [-0.25, -0.2) is 29.9 Å². The van der Waals surface area contributed by atoms with Crippen molar-refractivity contribution < 1.29 is 0 Å². The maximum absolute atomic E-state index is 5.24. The van der Waals surface area contributed by atoms with Crippen molar-refractivity contribution in [2.24, 2.45) is 0 Å². The van der Waals surface area contributed by atoms with E-state index in [1.165, 1.54) is 44.5 Å². The fraction of sp³-hybridized carbons (Fsp3) is 0.0294. The van der Waals surface area contributed by atoms with Crippen molar-refractivity contribution in [3.8, 4) is 102 Å². The zero-order valence-electron chi connectivity index (χ0n) is 40.1. The van der Waals surface area contributed by atoms with Gasteiger partial charge in [0.15, 0.2) is 34.9 Å². The first-order valence-electron chi connectivity index (χ1n) is 25.1. The zero-order chi connectivity index (χ0) is 49.0. The summed E-state index contributed by atoms with van der Waals surface area (Å²) in [4.78, 5) is 31.0. The predicted octanol–water partition coefficient (Wildman–Crippen LogP) is 16.0. The maximum atomic E-state index is 5.24. The highest BCUT2D eigenvalue weighted by molar-refractivity contribution is 5.78. The van der Waals surface area contributed by atoms with Crippen molar-refractivity contribution in [1.82, 2.24) is 29.9 Å². The van der Waals surface area contributed by atoms with Gasteiger partial charge in [-0.05, 0) is 91.0 Å². The molecular weight excluding hydrogens is 901 g/mol. The van der Waals surface area contributed by atoms with E-state index in [0.29, 0.717) is 34.9 Å². The first-order chi connectivity index (χ1) is 36.6. The Morgan fingerprint density at radius 2 is 0.405 bits per heavy atom. The van der Waals surface area contributed by atoms with Crippen LogP contribution in [0.1, 0.15) is 45.2 Å². The van der Waals surface area contributed by atoms with Gasteiger partial charge < -0.3 is 0 Å². The lowest BCUT2D eigenvalue weighted by atomic mass is 9.61. The summed E-state index contributed by atoms with van der Waals surface area (Å²) in [5, 5.41) is 0. The summed E-state index contributed by atoms with van der Waals surface area (Å²) in [6.07, 6.45) is 0. The molecule has 346 valence electrons. The lowest BCUT2D eigenvalue weighted by Gasteiger charge is -2.42. The van der Waals surface area contributed by atoms with Crippen molar-refractivity contribution in [3.63, 3.8) is 0 Å². The largest absolute Gasteiger partial charge is 0.208 e. The van der Waals surface area contributed by atoms with Gasteiger partial charge in [0.2, 0.25) is 0 Å². The van der Waals surface area contributed by atoms with E-state index in [9.17, 15) is 0 Å². The Labute approximate surface area is 429 Å². The molecule has 6 nitrogen and oxygen atoms in total. The molecule has 2 atom stereocenters. The van der Waals surface area contributed by atoms with Gasteiger partial charge in [0, 0.05) is 45.2 Å². The molecule has 0 saturated heterocycles. The van der Waals surface area contributed by atoms with Gasteiger partial charge in [0.1, 0.15) is 0 Å². The summed E-state index contributed by atoms with van der Waals surface area (Å²) >= 11 is 0. The SMILES string of the molecule is c1ccc(-c2cccc(-c3ccc(-c4nc(-c5ccccc5)nc(-c5ccc6c(c5)C5c7ccccc7C6c6cc(-c7nc(-c8ccccc8)nc(-c8cccc(-c9ccccc9)c8)n7)ccc65)n4)cc3)c2)cc1. The molecular formula is C68H44N6. The minimum absolute atomic E-state index is 0.00700. The van der Waals surface area contributed by atoms with Crippen molar-refractivity contribution in [2.75, 3.05) is 0 Å². The molecule has 2 aromatic heterocycles. The molecule has 15 rings (SSSR count). The molecule has 74 heavy (non-hydrogen) atoms. The van der Waals surface area contributed by atoms with Crippen LogP contribution in [-0.4, -0.2) is 29.9 Å². The summed E-state index contributed by atoms with van der Waals surface area (Å²) in [5.41, 5.74) is 20.3. The van der Waals surface area contributed by atoms with E-state index in [1.807, 2.05) is 42.5 Å². The number of hydrogen-bond donors (Lipinski definition) is 0. The van der Waals surface area contributed by atoms with E-state index in [2.05, 4.69) is 212 Å². The van der Waals surface area contributed by atoms with E-state index in [1.54, 1.807) is 0 Å². The molecule has 12 aromatic rings. The molecule has 10 aromatic carbocycles. The highest BCUT2D eigenvalue weighted by atomic mass is 15.0. The van der Waals surface area contributed by atoms with Gasteiger partial charge in [-0.1, -0.05) is 231 Å². The van der Waals surface area contributed by atoms with Gasteiger partial charge in [-0.2, -0.15) is 0 Å². The molecule has 2 heterocycles. The zero-order valence-corrected chi connectivity index (χ0v) is 40.1. The van der Waals surface area contributed by atoms with Crippen molar-refractivity contribution in [1.29, 1.82) is 0 Å². The fourth-order valence-electron chi connectivity index (χ4n) is 11.0. The Morgan fingerprint density at radius 3 is 0.811 bits per heavy atom. The van der Waals surface area contributed by atoms with Crippen LogP contribution in [0, 0.1) is 0 Å². The van der Waals surface area contributed by atoms with E-state index >= 15 is 0 Å². The monoisotopic (exact) mass is 944 g/mol.